The zero-order valence-electron chi connectivity index (χ0n) is 7.29. The van der Waals surface area contributed by atoms with Crippen LogP contribution in [0.4, 0.5) is 0 Å². The minimum atomic E-state index is 0.828. The molecule has 0 unspecified atom stereocenters. The predicted octanol–water partition coefficient (Wildman–Crippen LogP) is 3.60. The van der Waals surface area contributed by atoms with Crippen LogP contribution in [0.3, 0.4) is 0 Å². The molecule has 68 valence electrons. The summed E-state index contributed by atoms with van der Waals surface area (Å²) in [6.07, 6.45) is 5.98. The lowest BCUT2D eigenvalue weighted by molar-refractivity contribution is 1.29. The molecule has 0 saturated carbocycles. The topological polar surface area (TPSA) is 0 Å². The first-order valence-corrected chi connectivity index (χ1v) is 5.62. The Hall–Kier alpha value is -0.580. The second kappa shape index (κ2) is 5.96. The van der Waals surface area contributed by atoms with E-state index in [0.29, 0.717) is 0 Å². The van der Waals surface area contributed by atoms with Crippen molar-refractivity contribution in [2.75, 3.05) is 5.75 Å². The van der Waals surface area contributed by atoms with Gasteiger partial charge >= 0.3 is 0 Å². The molecule has 0 spiro atoms. The van der Waals surface area contributed by atoms with E-state index < -0.39 is 0 Å². The van der Waals surface area contributed by atoms with Crippen molar-refractivity contribution in [3.63, 3.8) is 0 Å². The molecule has 0 radical (unpaired) electrons. The minimum absolute atomic E-state index is 0.828. The molecule has 0 heterocycles. The highest BCUT2D eigenvalue weighted by Gasteiger charge is 1.97. The van der Waals surface area contributed by atoms with Crippen molar-refractivity contribution in [1.29, 1.82) is 0 Å². The molecule has 0 fully saturated rings. The van der Waals surface area contributed by atoms with Gasteiger partial charge in [0, 0.05) is 22.9 Å². The fraction of sp³-hybridized carbons (Fsp3) is 0.273. The summed E-state index contributed by atoms with van der Waals surface area (Å²) in [6.45, 7) is 0. The summed E-state index contributed by atoms with van der Waals surface area (Å²) >= 11 is 7.80. The average molecular weight is 211 g/mol. The third kappa shape index (κ3) is 3.76. The van der Waals surface area contributed by atoms with Crippen LogP contribution < -0.4 is 0 Å². The van der Waals surface area contributed by atoms with Crippen LogP contribution in [-0.4, -0.2) is 5.75 Å². The fourth-order valence-corrected chi connectivity index (χ4v) is 2.09. The number of hydrogen-bond acceptors (Lipinski definition) is 1. The lowest BCUT2D eigenvalue weighted by atomic mass is 10.2. The van der Waals surface area contributed by atoms with Gasteiger partial charge in [-0.05, 0) is 11.6 Å². The summed E-state index contributed by atoms with van der Waals surface area (Å²) < 4.78 is 0. The maximum absolute atomic E-state index is 5.98. The average Bonchev–Trinajstić information content (AvgIpc) is 2.15. The van der Waals surface area contributed by atoms with Crippen molar-refractivity contribution >= 4 is 23.4 Å². The summed E-state index contributed by atoms with van der Waals surface area (Å²) in [4.78, 5) is 0. The van der Waals surface area contributed by atoms with E-state index in [0.717, 1.165) is 22.9 Å². The van der Waals surface area contributed by atoms with Gasteiger partial charge in [-0.25, -0.2) is 0 Å². The second-order valence-corrected chi connectivity index (χ2v) is 4.11. The van der Waals surface area contributed by atoms with Crippen LogP contribution in [0.2, 0.25) is 5.02 Å². The van der Waals surface area contributed by atoms with Crippen LogP contribution in [-0.2, 0) is 5.75 Å². The molecule has 0 aliphatic heterocycles. The summed E-state index contributed by atoms with van der Waals surface area (Å²) in [5.74, 6) is 4.56. The molecular formula is C11H11ClS. The standard InChI is InChI=1S/C11H11ClS/c1-2-3-8-13-9-10-6-4-5-7-11(10)12/h1,4-7H,3,8-9H2. The van der Waals surface area contributed by atoms with Crippen LogP contribution in [0.15, 0.2) is 24.3 Å². The van der Waals surface area contributed by atoms with E-state index in [1.54, 1.807) is 0 Å². The SMILES string of the molecule is C#CCCSCc1ccccc1Cl. The van der Waals surface area contributed by atoms with E-state index in [1.807, 2.05) is 36.0 Å². The van der Waals surface area contributed by atoms with Gasteiger partial charge in [-0.15, -0.1) is 12.3 Å². The second-order valence-electron chi connectivity index (χ2n) is 2.60. The fourth-order valence-electron chi connectivity index (χ4n) is 0.929. The van der Waals surface area contributed by atoms with Crippen molar-refractivity contribution in [2.45, 2.75) is 12.2 Å². The highest BCUT2D eigenvalue weighted by atomic mass is 35.5. The smallest absolute Gasteiger partial charge is 0.0446 e. The van der Waals surface area contributed by atoms with Crippen LogP contribution in [0.1, 0.15) is 12.0 Å². The van der Waals surface area contributed by atoms with Gasteiger partial charge in [-0.1, -0.05) is 29.8 Å². The van der Waals surface area contributed by atoms with E-state index >= 15 is 0 Å². The molecule has 1 rings (SSSR count). The zero-order chi connectivity index (χ0) is 9.52. The number of rotatable bonds is 4. The Balaban J connectivity index is 2.37. The molecule has 0 aliphatic carbocycles. The normalized spacial score (nSPS) is 9.54. The van der Waals surface area contributed by atoms with Gasteiger partial charge in [0.25, 0.3) is 0 Å². The number of thioether (sulfide) groups is 1. The Morgan fingerprint density at radius 1 is 1.38 bits per heavy atom. The van der Waals surface area contributed by atoms with E-state index in [9.17, 15) is 0 Å². The Kier molecular flexibility index (Phi) is 4.82. The maximum Gasteiger partial charge on any atom is 0.0446 e. The van der Waals surface area contributed by atoms with E-state index in [-0.39, 0.29) is 0 Å². The zero-order valence-corrected chi connectivity index (χ0v) is 8.87. The highest BCUT2D eigenvalue weighted by Crippen LogP contribution is 2.20. The van der Waals surface area contributed by atoms with Crippen LogP contribution in [0.5, 0.6) is 0 Å². The summed E-state index contributed by atoms with van der Waals surface area (Å²) in [5.41, 5.74) is 1.19. The Labute approximate surface area is 88.7 Å². The Morgan fingerprint density at radius 2 is 2.15 bits per heavy atom. The van der Waals surface area contributed by atoms with Gasteiger partial charge in [0.1, 0.15) is 0 Å². The van der Waals surface area contributed by atoms with Crippen molar-refractivity contribution in [3.8, 4) is 12.3 Å². The van der Waals surface area contributed by atoms with Gasteiger partial charge in [-0.2, -0.15) is 11.8 Å². The van der Waals surface area contributed by atoms with Crippen LogP contribution >= 0.6 is 23.4 Å². The van der Waals surface area contributed by atoms with Gasteiger partial charge in [0.05, 0.1) is 0 Å². The van der Waals surface area contributed by atoms with E-state index in [4.69, 9.17) is 18.0 Å². The molecule has 0 aliphatic rings. The summed E-state index contributed by atoms with van der Waals surface area (Å²) in [7, 11) is 0. The minimum Gasteiger partial charge on any atom is -0.156 e. The molecule has 13 heavy (non-hydrogen) atoms. The molecule has 0 bridgehead atoms. The molecule has 0 saturated heterocycles. The van der Waals surface area contributed by atoms with Crippen molar-refractivity contribution in [3.05, 3.63) is 34.9 Å². The van der Waals surface area contributed by atoms with Gasteiger partial charge in [0.2, 0.25) is 0 Å². The molecule has 1 aromatic carbocycles. The van der Waals surface area contributed by atoms with Gasteiger partial charge < -0.3 is 0 Å². The molecule has 0 atom stereocenters. The predicted molar refractivity (Wildman–Crippen MR) is 61.1 cm³/mol. The van der Waals surface area contributed by atoms with Gasteiger partial charge in [0.15, 0.2) is 0 Å². The quantitative estimate of drug-likeness (QED) is 0.541. The molecular weight excluding hydrogens is 200 g/mol. The lowest BCUT2D eigenvalue weighted by Gasteiger charge is -2.01. The largest absolute Gasteiger partial charge is 0.156 e. The monoisotopic (exact) mass is 210 g/mol. The molecule has 0 N–H and O–H groups in total. The van der Waals surface area contributed by atoms with Crippen molar-refractivity contribution in [2.24, 2.45) is 0 Å². The number of benzene rings is 1. The van der Waals surface area contributed by atoms with Gasteiger partial charge in [-0.3, -0.25) is 0 Å². The molecule has 0 amide bonds. The van der Waals surface area contributed by atoms with Crippen molar-refractivity contribution in [1.82, 2.24) is 0 Å². The van der Waals surface area contributed by atoms with E-state index in [2.05, 4.69) is 5.92 Å². The molecule has 2 heteroatoms. The highest BCUT2D eigenvalue weighted by molar-refractivity contribution is 7.98. The number of halogens is 1. The third-order valence-corrected chi connectivity index (χ3v) is 2.98. The Bertz CT molecular complexity index is 301. The lowest BCUT2D eigenvalue weighted by Crippen LogP contribution is -1.83. The molecule has 0 aromatic heterocycles. The first-order chi connectivity index (χ1) is 6.34. The van der Waals surface area contributed by atoms with Crippen LogP contribution in [0.25, 0.3) is 0 Å². The molecule has 0 nitrogen and oxygen atoms in total. The van der Waals surface area contributed by atoms with E-state index in [1.165, 1.54) is 5.56 Å². The third-order valence-electron chi connectivity index (χ3n) is 1.61. The first-order valence-electron chi connectivity index (χ1n) is 4.09. The summed E-state index contributed by atoms with van der Waals surface area (Å²) in [6, 6.07) is 7.91. The Morgan fingerprint density at radius 3 is 2.85 bits per heavy atom. The van der Waals surface area contributed by atoms with Crippen LogP contribution in [0, 0.1) is 12.3 Å². The molecule has 1 aromatic rings. The first kappa shape index (κ1) is 10.5. The number of hydrogen-bond donors (Lipinski definition) is 0. The van der Waals surface area contributed by atoms with Crippen molar-refractivity contribution < 1.29 is 0 Å². The number of terminal acetylenes is 1. The summed E-state index contributed by atoms with van der Waals surface area (Å²) in [5, 5.41) is 0.843. The maximum atomic E-state index is 5.98.